The van der Waals surface area contributed by atoms with Crippen LogP contribution >= 0.6 is 0 Å². The second-order valence-electron chi connectivity index (χ2n) is 2.91. The molecule has 0 fully saturated rings. The van der Waals surface area contributed by atoms with E-state index in [4.69, 9.17) is 7.85 Å². The van der Waals surface area contributed by atoms with Gasteiger partial charge in [0, 0.05) is 0 Å². The average Bonchev–Trinajstić information content (AvgIpc) is 2.03. The molecule has 0 aromatic heterocycles. The van der Waals surface area contributed by atoms with Crippen LogP contribution in [0, 0.1) is 0 Å². The standard InChI is InChI=1S/C9H8BF3/c1-6(10)7-3-2-4-8(5-7)9(11,12)13/h2-6H,1H3. The van der Waals surface area contributed by atoms with Crippen LogP contribution in [0.2, 0.25) is 0 Å². The van der Waals surface area contributed by atoms with Crippen LogP contribution in [0.3, 0.4) is 0 Å². The topological polar surface area (TPSA) is 0 Å². The molecule has 13 heavy (non-hydrogen) atoms. The number of hydrogen-bond donors (Lipinski definition) is 0. The lowest BCUT2D eigenvalue weighted by molar-refractivity contribution is -0.137. The molecule has 1 atom stereocenters. The lowest BCUT2D eigenvalue weighted by atomic mass is 9.82. The van der Waals surface area contributed by atoms with Crippen LogP contribution < -0.4 is 0 Å². The van der Waals surface area contributed by atoms with Gasteiger partial charge in [0.05, 0.1) is 13.4 Å². The zero-order valence-corrected chi connectivity index (χ0v) is 7.10. The van der Waals surface area contributed by atoms with E-state index in [9.17, 15) is 13.2 Å². The molecule has 0 aliphatic rings. The predicted molar refractivity (Wildman–Crippen MR) is 45.6 cm³/mol. The molecule has 0 saturated heterocycles. The molecule has 0 bridgehead atoms. The van der Waals surface area contributed by atoms with E-state index in [1.807, 2.05) is 0 Å². The number of benzene rings is 1. The third-order valence-corrected chi connectivity index (χ3v) is 1.74. The Labute approximate surface area is 76.2 Å². The summed E-state index contributed by atoms with van der Waals surface area (Å²) < 4.78 is 36.6. The summed E-state index contributed by atoms with van der Waals surface area (Å²) in [6.45, 7) is 1.65. The molecule has 1 rings (SSSR count). The summed E-state index contributed by atoms with van der Waals surface area (Å²) in [4.78, 5) is 0. The van der Waals surface area contributed by atoms with E-state index in [1.54, 1.807) is 13.0 Å². The summed E-state index contributed by atoms with van der Waals surface area (Å²) in [5.41, 5.74) is -0.155. The molecule has 1 aromatic carbocycles. The zero-order chi connectivity index (χ0) is 10.1. The van der Waals surface area contributed by atoms with E-state index >= 15 is 0 Å². The maximum absolute atomic E-state index is 12.2. The summed E-state index contributed by atoms with van der Waals surface area (Å²) in [6.07, 6.45) is -4.29. The van der Waals surface area contributed by atoms with Crippen molar-refractivity contribution in [3.05, 3.63) is 35.4 Å². The van der Waals surface area contributed by atoms with Crippen molar-refractivity contribution < 1.29 is 13.2 Å². The van der Waals surface area contributed by atoms with Gasteiger partial charge in [-0.25, -0.2) is 0 Å². The smallest absolute Gasteiger partial charge is 0.166 e. The molecule has 0 heterocycles. The Hall–Kier alpha value is -0.925. The second-order valence-corrected chi connectivity index (χ2v) is 2.91. The fraction of sp³-hybridized carbons (Fsp3) is 0.333. The van der Waals surface area contributed by atoms with E-state index < -0.39 is 11.7 Å². The molecule has 0 N–H and O–H groups in total. The monoisotopic (exact) mass is 184 g/mol. The van der Waals surface area contributed by atoms with Crippen LogP contribution in [0.5, 0.6) is 0 Å². The molecule has 0 nitrogen and oxygen atoms in total. The van der Waals surface area contributed by atoms with E-state index in [-0.39, 0.29) is 5.82 Å². The van der Waals surface area contributed by atoms with Gasteiger partial charge in [0.2, 0.25) is 0 Å². The highest BCUT2D eigenvalue weighted by molar-refractivity contribution is 6.12. The normalized spacial score (nSPS) is 14.2. The van der Waals surface area contributed by atoms with Gasteiger partial charge in [0.25, 0.3) is 0 Å². The van der Waals surface area contributed by atoms with Crippen molar-refractivity contribution in [3.8, 4) is 0 Å². The van der Waals surface area contributed by atoms with Crippen LogP contribution in [-0.4, -0.2) is 7.85 Å². The highest BCUT2D eigenvalue weighted by Gasteiger charge is 2.30. The number of rotatable bonds is 1. The lowest BCUT2D eigenvalue weighted by Gasteiger charge is -2.10. The van der Waals surface area contributed by atoms with Gasteiger partial charge in [-0.2, -0.15) is 13.2 Å². The second kappa shape index (κ2) is 3.44. The van der Waals surface area contributed by atoms with Gasteiger partial charge in [-0.1, -0.05) is 36.5 Å². The summed E-state index contributed by atoms with van der Waals surface area (Å²) >= 11 is 0. The van der Waals surface area contributed by atoms with Crippen molar-refractivity contribution in [2.24, 2.45) is 0 Å². The number of alkyl halides is 3. The Balaban J connectivity index is 3.06. The molecule has 1 unspecified atom stereocenters. The maximum Gasteiger partial charge on any atom is 0.416 e. The third-order valence-electron chi connectivity index (χ3n) is 1.74. The summed E-state index contributed by atoms with van der Waals surface area (Å²) in [6, 6.07) is 5.05. The Morgan fingerprint density at radius 3 is 2.38 bits per heavy atom. The first-order valence-corrected chi connectivity index (χ1v) is 3.84. The molecule has 1 aromatic rings. The summed E-state index contributed by atoms with van der Waals surface area (Å²) in [5, 5.41) is 0. The minimum absolute atomic E-state index is 0.373. The molecule has 4 heteroatoms. The summed E-state index contributed by atoms with van der Waals surface area (Å²) in [5.74, 6) is -0.373. The van der Waals surface area contributed by atoms with E-state index in [2.05, 4.69) is 0 Å². The Bertz CT molecular complexity index is 291. The van der Waals surface area contributed by atoms with Crippen molar-refractivity contribution >= 4 is 7.85 Å². The molecule has 0 amide bonds. The fourth-order valence-corrected chi connectivity index (χ4v) is 0.998. The first-order chi connectivity index (χ1) is 5.91. The van der Waals surface area contributed by atoms with Crippen LogP contribution in [0.25, 0.3) is 0 Å². The molecule has 0 spiro atoms. The zero-order valence-electron chi connectivity index (χ0n) is 7.10. The molecular formula is C9H8BF3. The minimum Gasteiger partial charge on any atom is -0.166 e. The van der Waals surface area contributed by atoms with Gasteiger partial charge < -0.3 is 0 Å². The molecular weight excluding hydrogens is 176 g/mol. The van der Waals surface area contributed by atoms with Crippen molar-refractivity contribution in [1.29, 1.82) is 0 Å². The highest BCUT2D eigenvalue weighted by atomic mass is 19.4. The maximum atomic E-state index is 12.2. The van der Waals surface area contributed by atoms with Crippen molar-refractivity contribution in [2.45, 2.75) is 18.9 Å². The van der Waals surface area contributed by atoms with Gasteiger partial charge in [-0.3, -0.25) is 0 Å². The van der Waals surface area contributed by atoms with Gasteiger partial charge in [0.15, 0.2) is 0 Å². The SMILES string of the molecule is [B]C(C)c1cccc(C(F)(F)F)c1. The Kier molecular flexibility index (Phi) is 2.69. The number of hydrogen-bond acceptors (Lipinski definition) is 0. The first-order valence-electron chi connectivity index (χ1n) is 3.84. The first kappa shape index (κ1) is 10.2. The minimum atomic E-state index is -4.29. The number of halogens is 3. The molecule has 68 valence electrons. The van der Waals surface area contributed by atoms with Gasteiger partial charge >= 0.3 is 6.18 Å². The molecule has 0 aliphatic carbocycles. The molecule has 0 saturated carbocycles. The van der Waals surface area contributed by atoms with Crippen LogP contribution in [-0.2, 0) is 6.18 Å². The van der Waals surface area contributed by atoms with Crippen molar-refractivity contribution in [2.75, 3.05) is 0 Å². The van der Waals surface area contributed by atoms with Crippen molar-refractivity contribution in [3.63, 3.8) is 0 Å². The van der Waals surface area contributed by atoms with Gasteiger partial charge in [0.1, 0.15) is 0 Å². The van der Waals surface area contributed by atoms with E-state index in [0.717, 1.165) is 12.1 Å². The van der Waals surface area contributed by atoms with Crippen molar-refractivity contribution in [1.82, 2.24) is 0 Å². The van der Waals surface area contributed by atoms with Crippen LogP contribution in [0.15, 0.2) is 24.3 Å². The van der Waals surface area contributed by atoms with E-state index in [1.165, 1.54) is 6.07 Å². The average molecular weight is 184 g/mol. The molecule has 0 aliphatic heterocycles. The molecule has 2 radical (unpaired) electrons. The predicted octanol–water partition coefficient (Wildman–Crippen LogP) is 2.93. The lowest BCUT2D eigenvalue weighted by Crippen LogP contribution is -2.06. The largest absolute Gasteiger partial charge is 0.416 e. The van der Waals surface area contributed by atoms with Gasteiger partial charge in [-0.05, 0) is 6.07 Å². The Morgan fingerprint density at radius 2 is 1.92 bits per heavy atom. The van der Waals surface area contributed by atoms with Gasteiger partial charge in [-0.15, -0.1) is 0 Å². The van der Waals surface area contributed by atoms with E-state index in [0.29, 0.717) is 5.56 Å². The fourth-order valence-electron chi connectivity index (χ4n) is 0.998. The third kappa shape index (κ3) is 2.51. The Morgan fingerprint density at radius 1 is 1.31 bits per heavy atom. The van der Waals surface area contributed by atoms with Crippen LogP contribution in [0.1, 0.15) is 23.9 Å². The van der Waals surface area contributed by atoms with Crippen LogP contribution in [0.4, 0.5) is 13.2 Å². The quantitative estimate of drug-likeness (QED) is 0.588. The highest BCUT2D eigenvalue weighted by Crippen LogP contribution is 2.30. The summed E-state index contributed by atoms with van der Waals surface area (Å²) in [7, 11) is 5.46.